The summed E-state index contributed by atoms with van der Waals surface area (Å²) >= 11 is 0. The van der Waals surface area contributed by atoms with E-state index in [4.69, 9.17) is 9.47 Å². The third-order valence-corrected chi connectivity index (χ3v) is 4.65. The molecule has 4 rings (SSSR count). The summed E-state index contributed by atoms with van der Waals surface area (Å²) < 4.78 is 10.3. The van der Waals surface area contributed by atoms with Crippen LogP contribution in [0.3, 0.4) is 0 Å². The number of aromatic nitrogens is 4. The van der Waals surface area contributed by atoms with Gasteiger partial charge in [-0.05, 0) is 18.6 Å². The zero-order valence-corrected chi connectivity index (χ0v) is 13.8. The Labute approximate surface area is 140 Å². The molecule has 2 aromatic rings. The van der Waals surface area contributed by atoms with Crippen LogP contribution >= 0.6 is 0 Å². The van der Waals surface area contributed by atoms with Crippen LogP contribution in [0.25, 0.3) is 0 Å². The van der Waals surface area contributed by atoms with Gasteiger partial charge in [-0.3, -0.25) is 9.88 Å². The molecule has 4 heterocycles. The van der Waals surface area contributed by atoms with Crippen LogP contribution in [0.1, 0.15) is 12.1 Å². The van der Waals surface area contributed by atoms with Gasteiger partial charge in [0, 0.05) is 37.9 Å². The highest BCUT2D eigenvalue weighted by Gasteiger charge is 2.44. The molecule has 2 atom stereocenters. The number of anilines is 1. The molecule has 2 aliphatic heterocycles. The van der Waals surface area contributed by atoms with Crippen molar-refractivity contribution in [3.8, 4) is 12.0 Å². The summed E-state index contributed by atoms with van der Waals surface area (Å²) in [7, 11) is 3.09. The SMILES string of the molecule is COc1nc(OC)nc(N2CC3CC2CN3Cc2ccccn2)n1. The minimum absolute atomic E-state index is 0.282. The Bertz CT molecular complexity index is 691. The van der Waals surface area contributed by atoms with E-state index < -0.39 is 0 Å². The number of likely N-dealkylation sites (tertiary alicyclic amines) is 1. The van der Waals surface area contributed by atoms with Gasteiger partial charge in [-0.25, -0.2) is 0 Å². The summed E-state index contributed by atoms with van der Waals surface area (Å²) in [5.74, 6) is 0.628. The molecule has 126 valence electrons. The molecule has 0 aliphatic carbocycles. The zero-order valence-electron chi connectivity index (χ0n) is 13.8. The van der Waals surface area contributed by atoms with E-state index in [9.17, 15) is 0 Å². The number of hydrogen-bond acceptors (Lipinski definition) is 8. The summed E-state index contributed by atoms with van der Waals surface area (Å²) in [6.07, 6.45) is 2.96. The van der Waals surface area contributed by atoms with Crippen LogP contribution in [-0.2, 0) is 6.54 Å². The van der Waals surface area contributed by atoms with Crippen molar-refractivity contribution in [2.24, 2.45) is 0 Å². The highest BCUT2D eigenvalue weighted by molar-refractivity contribution is 5.38. The Hall–Kier alpha value is -2.48. The summed E-state index contributed by atoms with van der Waals surface area (Å²) in [6, 6.07) is 7.51. The number of rotatable bonds is 5. The normalized spacial score (nSPS) is 22.8. The first-order valence-electron chi connectivity index (χ1n) is 8.01. The van der Waals surface area contributed by atoms with Crippen molar-refractivity contribution in [3.63, 3.8) is 0 Å². The van der Waals surface area contributed by atoms with Gasteiger partial charge in [0.25, 0.3) is 0 Å². The van der Waals surface area contributed by atoms with Gasteiger partial charge in [0.15, 0.2) is 0 Å². The molecule has 8 nitrogen and oxygen atoms in total. The van der Waals surface area contributed by atoms with Crippen molar-refractivity contribution in [1.82, 2.24) is 24.8 Å². The molecule has 0 aromatic carbocycles. The van der Waals surface area contributed by atoms with Crippen LogP contribution in [0.15, 0.2) is 24.4 Å². The van der Waals surface area contributed by atoms with Crippen LogP contribution in [-0.4, -0.2) is 64.2 Å². The third kappa shape index (κ3) is 2.73. The second-order valence-electron chi connectivity index (χ2n) is 6.06. The quantitative estimate of drug-likeness (QED) is 0.796. The van der Waals surface area contributed by atoms with Crippen molar-refractivity contribution < 1.29 is 9.47 Å². The first-order chi connectivity index (χ1) is 11.8. The number of hydrogen-bond donors (Lipinski definition) is 0. The number of methoxy groups -OCH3 is 2. The van der Waals surface area contributed by atoms with Crippen molar-refractivity contribution in [1.29, 1.82) is 0 Å². The number of fused-ring (bicyclic) bond motifs is 2. The van der Waals surface area contributed by atoms with Gasteiger partial charge >= 0.3 is 12.0 Å². The van der Waals surface area contributed by atoms with Crippen molar-refractivity contribution in [2.45, 2.75) is 25.0 Å². The number of nitrogens with zero attached hydrogens (tertiary/aromatic N) is 6. The second kappa shape index (κ2) is 6.20. The highest BCUT2D eigenvalue weighted by atomic mass is 16.5. The van der Waals surface area contributed by atoms with Crippen LogP contribution in [0.5, 0.6) is 12.0 Å². The summed E-state index contributed by atoms with van der Waals surface area (Å²) in [5, 5.41) is 0. The van der Waals surface area contributed by atoms with Crippen molar-refractivity contribution in [3.05, 3.63) is 30.1 Å². The zero-order chi connectivity index (χ0) is 16.5. The molecule has 0 spiro atoms. The lowest BCUT2D eigenvalue weighted by Gasteiger charge is -2.34. The number of ether oxygens (including phenoxy) is 2. The van der Waals surface area contributed by atoms with Gasteiger partial charge in [-0.1, -0.05) is 6.07 Å². The standard InChI is InChI=1S/C16H20N6O2/c1-23-15-18-14(19-16(20-15)24-2)22-10-12-7-13(22)9-21(12)8-11-5-3-4-6-17-11/h3-6,12-13H,7-10H2,1-2H3. The summed E-state index contributed by atoms with van der Waals surface area (Å²) in [5.41, 5.74) is 1.11. The molecule has 24 heavy (non-hydrogen) atoms. The van der Waals surface area contributed by atoms with E-state index in [-0.39, 0.29) is 12.0 Å². The first-order valence-corrected chi connectivity index (χ1v) is 8.01. The molecule has 8 heteroatoms. The first kappa shape index (κ1) is 15.1. The van der Waals surface area contributed by atoms with E-state index in [1.807, 2.05) is 18.3 Å². The Morgan fingerprint density at radius 2 is 1.83 bits per heavy atom. The second-order valence-corrected chi connectivity index (χ2v) is 6.06. The Morgan fingerprint density at radius 3 is 2.42 bits per heavy atom. The van der Waals surface area contributed by atoms with Gasteiger partial charge < -0.3 is 14.4 Å². The average molecular weight is 328 g/mol. The molecule has 0 saturated carbocycles. The van der Waals surface area contributed by atoms with Gasteiger partial charge in [0.2, 0.25) is 5.95 Å². The molecule has 0 radical (unpaired) electrons. The van der Waals surface area contributed by atoms with Gasteiger partial charge in [0.1, 0.15) is 0 Å². The predicted molar refractivity (Wildman–Crippen MR) is 87.1 cm³/mol. The van der Waals surface area contributed by atoms with Gasteiger partial charge in [0.05, 0.1) is 19.9 Å². The molecule has 2 saturated heterocycles. The smallest absolute Gasteiger partial charge is 0.324 e. The largest absolute Gasteiger partial charge is 0.467 e. The molecule has 2 aliphatic rings. The molecule has 2 unspecified atom stereocenters. The minimum atomic E-state index is 0.282. The molecule has 2 aromatic heterocycles. The monoisotopic (exact) mass is 328 g/mol. The lowest BCUT2D eigenvalue weighted by molar-refractivity contribution is 0.226. The fraction of sp³-hybridized carbons (Fsp3) is 0.500. The molecular weight excluding hydrogens is 308 g/mol. The van der Waals surface area contributed by atoms with Crippen molar-refractivity contribution in [2.75, 3.05) is 32.2 Å². The maximum Gasteiger partial charge on any atom is 0.324 e. The lowest BCUT2D eigenvalue weighted by Crippen LogP contribution is -2.46. The molecule has 2 fully saturated rings. The number of pyridine rings is 1. The third-order valence-electron chi connectivity index (χ3n) is 4.65. The van der Waals surface area contributed by atoms with Crippen LogP contribution in [0.2, 0.25) is 0 Å². The van der Waals surface area contributed by atoms with E-state index in [2.05, 4.69) is 35.8 Å². The predicted octanol–water partition coefficient (Wildman–Crippen LogP) is 0.747. The summed E-state index contributed by atoms with van der Waals surface area (Å²) in [4.78, 5) is 22.0. The van der Waals surface area contributed by atoms with Crippen LogP contribution < -0.4 is 14.4 Å². The van der Waals surface area contributed by atoms with E-state index in [1.165, 1.54) is 0 Å². The maximum absolute atomic E-state index is 5.15. The fourth-order valence-corrected chi connectivity index (χ4v) is 3.53. The molecule has 0 N–H and O–H groups in total. The molecule has 0 amide bonds. The van der Waals surface area contributed by atoms with Crippen LogP contribution in [0.4, 0.5) is 5.95 Å². The van der Waals surface area contributed by atoms with Crippen LogP contribution in [0, 0.1) is 0 Å². The van der Waals surface area contributed by atoms with E-state index >= 15 is 0 Å². The molecule has 2 bridgehead atoms. The lowest BCUT2D eigenvalue weighted by atomic mass is 10.2. The Kier molecular flexibility index (Phi) is 3.89. The van der Waals surface area contributed by atoms with Gasteiger partial charge in [-0.15, -0.1) is 4.98 Å². The Morgan fingerprint density at radius 1 is 1.04 bits per heavy atom. The minimum Gasteiger partial charge on any atom is -0.467 e. The van der Waals surface area contributed by atoms with Gasteiger partial charge in [-0.2, -0.15) is 9.97 Å². The average Bonchev–Trinajstić information content (AvgIpc) is 3.22. The maximum atomic E-state index is 5.15. The fourth-order valence-electron chi connectivity index (χ4n) is 3.53. The topological polar surface area (TPSA) is 76.5 Å². The van der Waals surface area contributed by atoms with E-state index in [0.717, 1.165) is 31.7 Å². The van der Waals surface area contributed by atoms with E-state index in [1.54, 1.807) is 14.2 Å². The van der Waals surface area contributed by atoms with E-state index in [0.29, 0.717) is 18.0 Å². The van der Waals surface area contributed by atoms with Crippen molar-refractivity contribution >= 4 is 5.95 Å². The number of piperazine rings is 1. The summed E-state index contributed by atoms with van der Waals surface area (Å²) in [6.45, 7) is 2.77. The Balaban J connectivity index is 1.48. The highest BCUT2D eigenvalue weighted by Crippen LogP contribution is 2.34. The molecular formula is C16H20N6O2.